The molecule has 0 saturated heterocycles. The van der Waals surface area contributed by atoms with Crippen molar-refractivity contribution in [1.29, 1.82) is 0 Å². The molecule has 0 aliphatic heterocycles. The molecular weight excluding hydrogens is 250 g/mol. The van der Waals surface area contributed by atoms with Crippen LogP contribution < -0.4 is 5.32 Å². The minimum Gasteiger partial charge on any atom is -0.480 e. The van der Waals surface area contributed by atoms with Crippen LogP contribution in [0.15, 0.2) is 0 Å². The molecule has 1 rings (SSSR count). The molecule has 0 aromatic heterocycles. The van der Waals surface area contributed by atoms with E-state index in [0.29, 0.717) is 0 Å². The highest BCUT2D eigenvalue weighted by Crippen LogP contribution is 2.68. The molecule has 0 aromatic carbocycles. The van der Waals surface area contributed by atoms with Gasteiger partial charge in [0.15, 0.2) is 0 Å². The lowest BCUT2D eigenvalue weighted by molar-refractivity contribution is -0.149. The van der Waals surface area contributed by atoms with Gasteiger partial charge in [-0.05, 0) is 10.8 Å². The minimum absolute atomic E-state index is 0.175. The first-order valence-electron chi connectivity index (χ1n) is 6.15. The highest BCUT2D eigenvalue weighted by molar-refractivity contribution is 5.90. The van der Waals surface area contributed by atoms with Crippen LogP contribution in [-0.4, -0.2) is 36.1 Å². The Hall–Kier alpha value is -1.59. The molecule has 0 radical (unpaired) electrons. The SMILES string of the molecule is COC(=O)C[C@H](NC(=O)C1C(C)(C)C1(C)C)C(=O)O. The molecule has 19 heavy (non-hydrogen) atoms. The van der Waals surface area contributed by atoms with E-state index >= 15 is 0 Å². The number of hydrogen-bond acceptors (Lipinski definition) is 4. The van der Waals surface area contributed by atoms with E-state index in [1.807, 2.05) is 27.7 Å². The van der Waals surface area contributed by atoms with Crippen LogP contribution in [-0.2, 0) is 19.1 Å². The average Bonchev–Trinajstić information content (AvgIpc) is 2.67. The molecule has 108 valence electrons. The molecular formula is C13H21NO5. The van der Waals surface area contributed by atoms with Crippen molar-refractivity contribution in [2.45, 2.75) is 40.2 Å². The summed E-state index contributed by atoms with van der Waals surface area (Å²) in [5.41, 5.74) is -0.350. The first-order chi connectivity index (χ1) is 8.55. The van der Waals surface area contributed by atoms with Crippen molar-refractivity contribution in [2.24, 2.45) is 16.7 Å². The minimum atomic E-state index is -1.24. The predicted octanol–water partition coefficient (Wildman–Crippen LogP) is 0.801. The van der Waals surface area contributed by atoms with E-state index in [1.165, 1.54) is 7.11 Å². The second kappa shape index (κ2) is 4.83. The van der Waals surface area contributed by atoms with Crippen molar-refractivity contribution in [2.75, 3.05) is 7.11 Å². The monoisotopic (exact) mass is 271 g/mol. The number of methoxy groups -OCH3 is 1. The van der Waals surface area contributed by atoms with Crippen molar-refractivity contribution in [3.8, 4) is 0 Å². The van der Waals surface area contributed by atoms with Crippen molar-refractivity contribution in [3.63, 3.8) is 0 Å². The molecule has 1 aliphatic carbocycles. The van der Waals surface area contributed by atoms with Crippen molar-refractivity contribution in [1.82, 2.24) is 5.32 Å². The molecule has 6 nitrogen and oxygen atoms in total. The summed E-state index contributed by atoms with van der Waals surface area (Å²) >= 11 is 0. The van der Waals surface area contributed by atoms with Crippen molar-refractivity contribution >= 4 is 17.8 Å². The summed E-state index contributed by atoms with van der Waals surface area (Å²) < 4.78 is 4.42. The Balaban J connectivity index is 2.69. The number of carbonyl (C=O) groups is 3. The second-order valence-corrected chi connectivity index (χ2v) is 6.06. The lowest BCUT2D eigenvalue weighted by atomic mass is 10.0. The Kier molecular flexibility index (Phi) is 3.93. The molecule has 0 unspecified atom stereocenters. The van der Waals surface area contributed by atoms with Gasteiger partial charge in [-0.15, -0.1) is 0 Å². The molecule has 1 atom stereocenters. The van der Waals surface area contributed by atoms with E-state index in [-0.39, 0.29) is 29.1 Å². The molecule has 1 aliphatic rings. The van der Waals surface area contributed by atoms with Gasteiger partial charge in [-0.1, -0.05) is 27.7 Å². The lowest BCUT2D eigenvalue weighted by Crippen LogP contribution is -2.43. The van der Waals surface area contributed by atoms with Gasteiger partial charge < -0.3 is 15.2 Å². The Morgan fingerprint density at radius 2 is 1.68 bits per heavy atom. The third-order valence-corrected chi connectivity index (χ3v) is 4.50. The molecule has 1 amide bonds. The lowest BCUT2D eigenvalue weighted by Gasteiger charge is -2.14. The largest absolute Gasteiger partial charge is 0.480 e. The van der Waals surface area contributed by atoms with Crippen LogP contribution in [0.3, 0.4) is 0 Å². The van der Waals surface area contributed by atoms with E-state index in [9.17, 15) is 14.4 Å². The van der Waals surface area contributed by atoms with Gasteiger partial charge in [-0.3, -0.25) is 9.59 Å². The topological polar surface area (TPSA) is 92.7 Å². The quantitative estimate of drug-likeness (QED) is 0.721. The Bertz CT molecular complexity index is 399. The van der Waals surface area contributed by atoms with Gasteiger partial charge >= 0.3 is 11.9 Å². The van der Waals surface area contributed by atoms with Gasteiger partial charge in [0.1, 0.15) is 6.04 Å². The summed E-state index contributed by atoms with van der Waals surface area (Å²) in [4.78, 5) is 34.2. The molecule has 2 N–H and O–H groups in total. The van der Waals surface area contributed by atoms with Crippen LogP contribution in [0, 0.1) is 16.7 Å². The number of nitrogens with one attached hydrogen (secondary N) is 1. The Labute approximate surface area is 112 Å². The number of esters is 1. The first-order valence-corrected chi connectivity index (χ1v) is 6.15. The van der Waals surface area contributed by atoms with Gasteiger partial charge in [0, 0.05) is 5.92 Å². The molecule has 1 saturated carbocycles. The summed E-state index contributed by atoms with van der Waals surface area (Å²) in [7, 11) is 1.18. The summed E-state index contributed by atoms with van der Waals surface area (Å²) in [5.74, 6) is -2.48. The molecule has 0 heterocycles. The third-order valence-electron chi connectivity index (χ3n) is 4.50. The van der Waals surface area contributed by atoms with Crippen LogP contribution in [0.4, 0.5) is 0 Å². The number of ether oxygens (including phenoxy) is 1. The first kappa shape index (κ1) is 15.5. The van der Waals surface area contributed by atoms with Crippen molar-refractivity contribution < 1.29 is 24.2 Å². The zero-order valence-electron chi connectivity index (χ0n) is 11.9. The maximum atomic E-state index is 12.1. The van der Waals surface area contributed by atoms with Crippen LogP contribution in [0.5, 0.6) is 0 Å². The third kappa shape index (κ3) is 2.72. The van der Waals surface area contributed by atoms with E-state index in [1.54, 1.807) is 0 Å². The average molecular weight is 271 g/mol. The van der Waals surface area contributed by atoms with E-state index in [4.69, 9.17) is 5.11 Å². The highest BCUT2D eigenvalue weighted by atomic mass is 16.5. The Morgan fingerprint density at radius 3 is 2.00 bits per heavy atom. The van der Waals surface area contributed by atoms with Gasteiger partial charge in [-0.25, -0.2) is 4.79 Å². The van der Waals surface area contributed by atoms with Gasteiger partial charge in [0.25, 0.3) is 0 Å². The number of carboxylic acids is 1. The summed E-state index contributed by atoms with van der Waals surface area (Å²) in [6.45, 7) is 7.86. The maximum absolute atomic E-state index is 12.1. The molecule has 0 spiro atoms. The summed E-state index contributed by atoms with van der Waals surface area (Å²) in [6.07, 6.45) is -0.370. The number of carbonyl (C=O) groups excluding carboxylic acids is 2. The standard InChI is InChI=1S/C13H21NO5/c1-12(2)9(13(12,3)4)10(16)14-7(11(17)18)6-8(15)19-5/h7,9H,6H2,1-5H3,(H,14,16)(H,17,18)/t7-/m0/s1. The fourth-order valence-electron chi connectivity index (χ4n) is 2.56. The van der Waals surface area contributed by atoms with Crippen molar-refractivity contribution in [3.05, 3.63) is 0 Å². The van der Waals surface area contributed by atoms with Gasteiger partial charge in [0.05, 0.1) is 13.5 Å². The fourth-order valence-corrected chi connectivity index (χ4v) is 2.56. The number of carboxylic acid groups (broad SMARTS) is 1. The zero-order chi connectivity index (χ0) is 15.0. The number of amides is 1. The van der Waals surface area contributed by atoms with E-state index < -0.39 is 18.0 Å². The van der Waals surface area contributed by atoms with E-state index in [2.05, 4.69) is 10.1 Å². The molecule has 1 fully saturated rings. The zero-order valence-corrected chi connectivity index (χ0v) is 11.9. The number of aliphatic carboxylic acids is 1. The van der Waals surface area contributed by atoms with Crippen LogP contribution >= 0.6 is 0 Å². The van der Waals surface area contributed by atoms with Crippen LogP contribution in [0.1, 0.15) is 34.1 Å². The number of rotatable bonds is 5. The van der Waals surface area contributed by atoms with E-state index in [0.717, 1.165) is 0 Å². The maximum Gasteiger partial charge on any atom is 0.326 e. The smallest absolute Gasteiger partial charge is 0.326 e. The molecule has 6 heteroatoms. The summed E-state index contributed by atoms with van der Waals surface area (Å²) in [5, 5.41) is 11.4. The normalized spacial score (nSPS) is 21.3. The fraction of sp³-hybridized carbons (Fsp3) is 0.769. The molecule has 0 aromatic rings. The van der Waals surface area contributed by atoms with Crippen LogP contribution in [0.2, 0.25) is 0 Å². The Morgan fingerprint density at radius 1 is 1.21 bits per heavy atom. The number of hydrogen-bond donors (Lipinski definition) is 2. The summed E-state index contributed by atoms with van der Waals surface area (Å²) in [6, 6.07) is -1.24. The van der Waals surface area contributed by atoms with Crippen LogP contribution in [0.25, 0.3) is 0 Å². The van der Waals surface area contributed by atoms with Gasteiger partial charge in [0.2, 0.25) is 5.91 Å². The van der Waals surface area contributed by atoms with Gasteiger partial charge in [-0.2, -0.15) is 0 Å². The predicted molar refractivity (Wildman–Crippen MR) is 67.3 cm³/mol. The highest BCUT2D eigenvalue weighted by Gasteiger charge is 2.68. The molecule has 0 bridgehead atoms. The second-order valence-electron chi connectivity index (χ2n) is 6.06.